The number of hydrogen-bond acceptors (Lipinski definition) is 3. The van der Waals surface area contributed by atoms with Gasteiger partial charge in [0.2, 0.25) is 0 Å². The number of halogens is 1. The molecule has 0 radical (unpaired) electrons. The number of aliphatic carboxylic acids is 1. The van der Waals surface area contributed by atoms with Crippen molar-refractivity contribution in [3.8, 4) is 5.75 Å². The summed E-state index contributed by atoms with van der Waals surface area (Å²) in [6, 6.07) is 4.45. The van der Waals surface area contributed by atoms with E-state index in [0.717, 1.165) is 0 Å². The van der Waals surface area contributed by atoms with Crippen molar-refractivity contribution in [3.05, 3.63) is 29.6 Å². The Balaban J connectivity index is 2.71. The van der Waals surface area contributed by atoms with Crippen molar-refractivity contribution in [2.24, 2.45) is 0 Å². The highest BCUT2D eigenvalue weighted by atomic mass is 19.1. The number of hydrogen-bond donors (Lipinski definition) is 1. The Hall–Kier alpha value is -1.62. The first kappa shape index (κ1) is 13.4. The molecular weight excluding hydrogens is 227 g/mol. The second-order valence-corrected chi connectivity index (χ2v) is 3.47. The smallest absolute Gasteiger partial charge is 0.329 e. The van der Waals surface area contributed by atoms with Gasteiger partial charge in [-0.25, -0.2) is 9.18 Å². The van der Waals surface area contributed by atoms with Crippen LogP contribution >= 0.6 is 0 Å². The van der Waals surface area contributed by atoms with E-state index in [0.29, 0.717) is 12.2 Å². The van der Waals surface area contributed by atoms with Crippen molar-refractivity contribution < 1.29 is 23.8 Å². The zero-order chi connectivity index (χ0) is 12.8. The Morgan fingerprint density at radius 2 is 2.24 bits per heavy atom. The Bertz CT molecular complexity index is 392. The average Bonchev–Trinajstić information content (AvgIpc) is 2.28. The Morgan fingerprint density at radius 3 is 2.76 bits per heavy atom. The molecule has 5 heteroatoms. The highest BCUT2D eigenvalue weighted by Crippen LogP contribution is 2.23. The van der Waals surface area contributed by atoms with Crippen LogP contribution in [-0.4, -0.2) is 24.3 Å². The predicted octanol–water partition coefficient (Wildman–Crippen LogP) is 2.39. The zero-order valence-electron chi connectivity index (χ0n) is 9.77. The van der Waals surface area contributed by atoms with Crippen molar-refractivity contribution in [1.29, 1.82) is 0 Å². The van der Waals surface area contributed by atoms with Gasteiger partial charge in [-0.3, -0.25) is 0 Å². The second kappa shape index (κ2) is 6.20. The van der Waals surface area contributed by atoms with Crippen LogP contribution in [0.4, 0.5) is 4.39 Å². The number of carboxylic acid groups (broad SMARTS) is 1. The molecule has 0 heterocycles. The third-order valence-electron chi connectivity index (χ3n) is 2.18. The van der Waals surface area contributed by atoms with Gasteiger partial charge in [0.15, 0.2) is 11.6 Å². The number of ether oxygens (including phenoxy) is 2. The van der Waals surface area contributed by atoms with Gasteiger partial charge in [-0.15, -0.1) is 0 Å². The standard InChI is InChI=1S/C12H15FO4/c1-3-16-11-5-4-9(6-10(11)13)8(2)17-7-12(14)15/h4-6,8H,3,7H2,1-2H3,(H,14,15). The quantitative estimate of drug-likeness (QED) is 0.832. The van der Waals surface area contributed by atoms with E-state index in [4.69, 9.17) is 14.6 Å². The molecule has 0 aromatic heterocycles. The minimum Gasteiger partial charge on any atom is -0.491 e. The molecule has 0 saturated heterocycles. The molecule has 0 fully saturated rings. The van der Waals surface area contributed by atoms with Gasteiger partial charge in [0.05, 0.1) is 12.7 Å². The maximum absolute atomic E-state index is 13.5. The summed E-state index contributed by atoms with van der Waals surface area (Å²) in [4.78, 5) is 10.3. The van der Waals surface area contributed by atoms with Crippen LogP contribution < -0.4 is 4.74 Å². The predicted molar refractivity (Wildman–Crippen MR) is 59.6 cm³/mol. The molecule has 1 atom stereocenters. The third kappa shape index (κ3) is 4.03. The topological polar surface area (TPSA) is 55.8 Å². The van der Waals surface area contributed by atoms with Gasteiger partial charge < -0.3 is 14.6 Å². The van der Waals surface area contributed by atoms with E-state index >= 15 is 0 Å². The van der Waals surface area contributed by atoms with E-state index in [-0.39, 0.29) is 5.75 Å². The van der Waals surface area contributed by atoms with Gasteiger partial charge in [0.1, 0.15) is 6.61 Å². The maximum Gasteiger partial charge on any atom is 0.329 e. The SMILES string of the molecule is CCOc1ccc(C(C)OCC(=O)O)cc1F. The summed E-state index contributed by atoms with van der Waals surface area (Å²) >= 11 is 0. The molecule has 0 aliphatic heterocycles. The van der Waals surface area contributed by atoms with Crippen LogP contribution in [0.2, 0.25) is 0 Å². The lowest BCUT2D eigenvalue weighted by atomic mass is 10.1. The zero-order valence-corrected chi connectivity index (χ0v) is 9.77. The summed E-state index contributed by atoms with van der Waals surface area (Å²) in [5, 5.41) is 8.46. The number of benzene rings is 1. The monoisotopic (exact) mass is 242 g/mol. The lowest BCUT2D eigenvalue weighted by Crippen LogP contribution is -2.10. The summed E-state index contributed by atoms with van der Waals surface area (Å²) in [6.07, 6.45) is -0.476. The summed E-state index contributed by atoms with van der Waals surface area (Å²) < 4.78 is 23.6. The molecule has 1 aromatic carbocycles. The van der Waals surface area contributed by atoms with E-state index in [1.54, 1.807) is 19.9 Å². The fourth-order valence-electron chi connectivity index (χ4n) is 1.34. The molecule has 1 N–H and O–H groups in total. The van der Waals surface area contributed by atoms with Crippen molar-refractivity contribution >= 4 is 5.97 Å². The van der Waals surface area contributed by atoms with Gasteiger partial charge >= 0.3 is 5.97 Å². The first-order valence-corrected chi connectivity index (χ1v) is 5.30. The van der Waals surface area contributed by atoms with Gasteiger partial charge in [0, 0.05) is 0 Å². The minimum absolute atomic E-state index is 0.182. The van der Waals surface area contributed by atoms with Crippen LogP contribution in [-0.2, 0) is 9.53 Å². The number of rotatable bonds is 6. The van der Waals surface area contributed by atoms with Crippen LogP contribution in [0.1, 0.15) is 25.5 Å². The van der Waals surface area contributed by atoms with Crippen LogP contribution in [0.3, 0.4) is 0 Å². The van der Waals surface area contributed by atoms with E-state index in [9.17, 15) is 9.18 Å². The molecular formula is C12H15FO4. The highest BCUT2D eigenvalue weighted by Gasteiger charge is 2.11. The third-order valence-corrected chi connectivity index (χ3v) is 2.18. The average molecular weight is 242 g/mol. The molecule has 1 aromatic rings. The molecule has 0 aliphatic rings. The van der Waals surface area contributed by atoms with Crippen LogP contribution in [0, 0.1) is 5.82 Å². The van der Waals surface area contributed by atoms with Crippen LogP contribution in [0.5, 0.6) is 5.75 Å². The molecule has 0 spiro atoms. The molecule has 1 unspecified atom stereocenters. The number of carbonyl (C=O) groups is 1. The van der Waals surface area contributed by atoms with E-state index < -0.39 is 24.5 Å². The lowest BCUT2D eigenvalue weighted by Gasteiger charge is -2.13. The van der Waals surface area contributed by atoms with Crippen molar-refractivity contribution in [2.45, 2.75) is 20.0 Å². The fourth-order valence-corrected chi connectivity index (χ4v) is 1.34. The molecule has 0 saturated carbocycles. The molecule has 1 rings (SSSR count). The van der Waals surface area contributed by atoms with Crippen molar-refractivity contribution in [2.75, 3.05) is 13.2 Å². The molecule has 17 heavy (non-hydrogen) atoms. The number of carboxylic acids is 1. The maximum atomic E-state index is 13.5. The second-order valence-electron chi connectivity index (χ2n) is 3.47. The van der Waals surface area contributed by atoms with E-state index in [1.165, 1.54) is 12.1 Å². The molecule has 0 aliphatic carbocycles. The summed E-state index contributed by atoms with van der Waals surface area (Å²) in [5.74, 6) is -1.35. The molecule has 0 bridgehead atoms. The Morgan fingerprint density at radius 1 is 1.53 bits per heavy atom. The Labute approximate surface area is 99.0 Å². The summed E-state index contributed by atoms with van der Waals surface area (Å²) in [5.41, 5.74) is 0.576. The molecule has 0 amide bonds. The van der Waals surface area contributed by atoms with Crippen molar-refractivity contribution in [3.63, 3.8) is 0 Å². The minimum atomic E-state index is -1.05. The Kier molecular flexibility index (Phi) is 4.90. The first-order chi connectivity index (χ1) is 8.04. The fraction of sp³-hybridized carbons (Fsp3) is 0.417. The van der Waals surface area contributed by atoms with Crippen molar-refractivity contribution in [1.82, 2.24) is 0 Å². The molecule has 94 valence electrons. The largest absolute Gasteiger partial charge is 0.491 e. The normalized spacial score (nSPS) is 12.2. The lowest BCUT2D eigenvalue weighted by molar-refractivity contribution is -0.144. The van der Waals surface area contributed by atoms with Gasteiger partial charge in [-0.1, -0.05) is 6.07 Å². The van der Waals surface area contributed by atoms with E-state index in [2.05, 4.69) is 0 Å². The van der Waals surface area contributed by atoms with Crippen LogP contribution in [0.15, 0.2) is 18.2 Å². The highest BCUT2D eigenvalue weighted by molar-refractivity contribution is 5.68. The summed E-state index contributed by atoms with van der Waals surface area (Å²) in [7, 11) is 0. The van der Waals surface area contributed by atoms with Crippen LogP contribution in [0.25, 0.3) is 0 Å². The van der Waals surface area contributed by atoms with Gasteiger partial charge in [-0.2, -0.15) is 0 Å². The van der Waals surface area contributed by atoms with Gasteiger partial charge in [0.25, 0.3) is 0 Å². The summed E-state index contributed by atoms with van der Waals surface area (Å²) in [6.45, 7) is 3.42. The first-order valence-electron chi connectivity index (χ1n) is 5.30. The molecule has 4 nitrogen and oxygen atoms in total. The van der Waals surface area contributed by atoms with Gasteiger partial charge in [-0.05, 0) is 31.5 Å². The van der Waals surface area contributed by atoms with E-state index in [1.807, 2.05) is 0 Å².